The number of aliphatic carboxylic acids is 1. The maximum atomic E-state index is 13.2. The number of fused-ring (bicyclic) bond motifs is 1. The average molecular weight is 380 g/mol. The van der Waals surface area contributed by atoms with E-state index in [-0.39, 0.29) is 12.5 Å². The van der Waals surface area contributed by atoms with Gasteiger partial charge in [0.15, 0.2) is 0 Å². The van der Waals surface area contributed by atoms with Crippen LogP contribution in [0.4, 0.5) is 0 Å². The molecule has 3 aromatic rings. The van der Waals surface area contributed by atoms with Crippen molar-refractivity contribution in [3.63, 3.8) is 0 Å². The Balaban J connectivity index is 1.88. The van der Waals surface area contributed by atoms with Crippen LogP contribution in [0, 0.1) is 0 Å². The van der Waals surface area contributed by atoms with E-state index in [1.807, 2.05) is 59.2 Å². The molecule has 0 aliphatic heterocycles. The van der Waals surface area contributed by atoms with Gasteiger partial charge in [-0.05, 0) is 18.1 Å². The lowest BCUT2D eigenvalue weighted by molar-refractivity contribution is -0.137. The summed E-state index contributed by atoms with van der Waals surface area (Å²) < 4.78 is 7.13. The Labute approximate surface area is 163 Å². The van der Waals surface area contributed by atoms with Crippen LogP contribution in [0.25, 0.3) is 10.9 Å². The molecule has 0 spiro atoms. The number of amides is 1. The van der Waals surface area contributed by atoms with E-state index in [0.717, 1.165) is 16.5 Å². The second kappa shape index (κ2) is 9.19. The number of aromatic nitrogens is 1. The lowest BCUT2D eigenvalue weighted by Crippen LogP contribution is -2.37. The van der Waals surface area contributed by atoms with Crippen LogP contribution >= 0.6 is 0 Å². The lowest BCUT2D eigenvalue weighted by Gasteiger charge is -2.20. The van der Waals surface area contributed by atoms with Crippen molar-refractivity contribution in [2.75, 3.05) is 26.8 Å². The van der Waals surface area contributed by atoms with E-state index in [9.17, 15) is 14.7 Å². The Kier molecular flexibility index (Phi) is 6.45. The van der Waals surface area contributed by atoms with Crippen LogP contribution in [-0.2, 0) is 22.5 Å². The van der Waals surface area contributed by atoms with E-state index >= 15 is 0 Å². The largest absolute Gasteiger partial charge is 0.480 e. The molecular formula is C22H24N2O4. The Morgan fingerprint density at radius 3 is 2.50 bits per heavy atom. The molecule has 1 aromatic heterocycles. The number of benzene rings is 2. The van der Waals surface area contributed by atoms with E-state index in [1.165, 1.54) is 4.90 Å². The van der Waals surface area contributed by atoms with Crippen LogP contribution in [0.3, 0.4) is 0 Å². The van der Waals surface area contributed by atoms with Gasteiger partial charge in [0.25, 0.3) is 5.91 Å². The summed E-state index contributed by atoms with van der Waals surface area (Å²) in [6.45, 7) is 1.16. The third kappa shape index (κ3) is 4.58. The quantitative estimate of drug-likeness (QED) is 0.619. The molecule has 0 radical (unpaired) electrons. The van der Waals surface area contributed by atoms with Gasteiger partial charge in [-0.2, -0.15) is 0 Å². The zero-order valence-electron chi connectivity index (χ0n) is 15.9. The van der Waals surface area contributed by atoms with Gasteiger partial charge in [-0.15, -0.1) is 0 Å². The molecule has 0 aliphatic carbocycles. The molecule has 3 rings (SSSR count). The maximum Gasteiger partial charge on any atom is 0.323 e. The third-order valence-corrected chi connectivity index (χ3v) is 4.68. The van der Waals surface area contributed by atoms with E-state index in [1.54, 1.807) is 13.3 Å². The molecule has 6 nitrogen and oxygen atoms in total. The van der Waals surface area contributed by atoms with Gasteiger partial charge in [-0.1, -0.05) is 48.5 Å². The van der Waals surface area contributed by atoms with Crippen molar-refractivity contribution >= 4 is 22.8 Å². The Bertz CT molecular complexity index is 950. The van der Waals surface area contributed by atoms with Crippen molar-refractivity contribution in [1.29, 1.82) is 0 Å². The summed E-state index contributed by atoms with van der Waals surface area (Å²) in [6.07, 6.45) is 2.39. The molecule has 2 aromatic carbocycles. The predicted octanol–water partition coefficient (Wildman–Crippen LogP) is 3.06. The van der Waals surface area contributed by atoms with Gasteiger partial charge < -0.3 is 19.3 Å². The molecule has 1 N–H and O–H groups in total. The number of carbonyl (C=O) groups is 2. The number of ether oxygens (including phenoxy) is 1. The topological polar surface area (TPSA) is 71.8 Å². The number of hydrogen-bond acceptors (Lipinski definition) is 3. The third-order valence-electron chi connectivity index (χ3n) is 4.68. The minimum atomic E-state index is -1.02. The fourth-order valence-corrected chi connectivity index (χ4v) is 3.29. The zero-order chi connectivity index (χ0) is 19.9. The first-order valence-corrected chi connectivity index (χ1v) is 9.22. The predicted molar refractivity (Wildman–Crippen MR) is 107 cm³/mol. The normalized spacial score (nSPS) is 10.9. The van der Waals surface area contributed by atoms with Gasteiger partial charge in [0.2, 0.25) is 0 Å². The SMILES string of the molecule is COCCn1cc(C(=O)N(CCc2ccccc2)CC(=O)O)c2ccccc21. The average Bonchev–Trinajstić information content (AvgIpc) is 3.08. The summed E-state index contributed by atoms with van der Waals surface area (Å²) >= 11 is 0. The summed E-state index contributed by atoms with van der Waals surface area (Å²) in [7, 11) is 1.63. The van der Waals surface area contributed by atoms with Crippen molar-refractivity contribution in [3.8, 4) is 0 Å². The fraction of sp³-hybridized carbons (Fsp3) is 0.273. The fourth-order valence-electron chi connectivity index (χ4n) is 3.29. The first-order chi connectivity index (χ1) is 13.6. The summed E-state index contributed by atoms with van der Waals surface area (Å²) in [5.74, 6) is -1.30. The van der Waals surface area contributed by atoms with Crippen molar-refractivity contribution in [3.05, 3.63) is 71.9 Å². The van der Waals surface area contributed by atoms with Crippen LogP contribution in [0.1, 0.15) is 15.9 Å². The molecule has 0 atom stereocenters. The van der Waals surface area contributed by atoms with Crippen molar-refractivity contribution in [2.24, 2.45) is 0 Å². The number of carbonyl (C=O) groups excluding carboxylic acids is 1. The first kappa shape index (κ1) is 19.6. The van der Waals surface area contributed by atoms with E-state index in [0.29, 0.717) is 31.7 Å². The molecule has 6 heteroatoms. The number of carboxylic acid groups (broad SMARTS) is 1. The highest BCUT2D eigenvalue weighted by atomic mass is 16.5. The summed E-state index contributed by atoms with van der Waals surface area (Å²) in [6, 6.07) is 17.4. The highest BCUT2D eigenvalue weighted by Crippen LogP contribution is 2.23. The molecule has 0 saturated heterocycles. The molecule has 0 saturated carbocycles. The van der Waals surface area contributed by atoms with Crippen molar-refractivity contribution < 1.29 is 19.4 Å². The standard InChI is InChI=1S/C22H24N2O4/c1-28-14-13-23-15-19(18-9-5-6-10-20(18)23)22(27)24(16-21(25)26)12-11-17-7-3-2-4-8-17/h2-10,15H,11-14,16H2,1H3,(H,25,26). The molecule has 0 bridgehead atoms. The minimum absolute atomic E-state index is 0.273. The Morgan fingerprint density at radius 2 is 1.79 bits per heavy atom. The second-order valence-electron chi connectivity index (χ2n) is 6.60. The van der Waals surface area contributed by atoms with Gasteiger partial charge in [-0.3, -0.25) is 9.59 Å². The van der Waals surface area contributed by atoms with Gasteiger partial charge in [0.05, 0.1) is 12.2 Å². The number of para-hydroxylation sites is 1. The Hall–Kier alpha value is -3.12. The summed E-state index contributed by atoms with van der Waals surface area (Å²) in [5, 5.41) is 10.1. The van der Waals surface area contributed by atoms with Gasteiger partial charge in [0, 0.05) is 37.3 Å². The van der Waals surface area contributed by atoms with Crippen LogP contribution in [0.2, 0.25) is 0 Å². The zero-order valence-corrected chi connectivity index (χ0v) is 15.9. The molecule has 146 valence electrons. The van der Waals surface area contributed by atoms with Crippen LogP contribution in [0.15, 0.2) is 60.8 Å². The number of nitrogens with zero attached hydrogens (tertiary/aromatic N) is 2. The van der Waals surface area contributed by atoms with E-state index in [2.05, 4.69) is 0 Å². The summed E-state index contributed by atoms with van der Waals surface area (Å²) in [5.41, 5.74) is 2.51. The maximum absolute atomic E-state index is 13.2. The molecule has 1 heterocycles. The number of rotatable bonds is 9. The van der Waals surface area contributed by atoms with Crippen LogP contribution in [0.5, 0.6) is 0 Å². The smallest absolute Gasteiger partial charge is 0.323 e. The Morgan fingerprint density at radius 1 is 1.07 bits per heavy atom. The first-order valence-electron chi connectivity index (χ1n) is 9.22. The lowest BCUT2D eigenvalue weighted by atomic mass is 10.1. The highest BCUT2D eigenvalue weighted by Gasteiger charge is 2.22. The van der Waals surface area contributed by atoms with E-state index in [4.69, 9.17) is 4.74 Å². The summed E-state index contributed by atoms with van der Waals surface area (Å²) in [4.78, 5) is 26.0. The highest BCUT2D eigenvalue weighted by molar-refractivity contribution is 6.07. The van der Waals surface area contributed by atoms with Gasteiger partial charge in [-0.25, -0.2) is 0 Å². The molecule has 0 unspecified atom stereocenters. The van der Waals surface area contributed by atoms with Crippen LogP contribution in [-0.4, -0.2) is 53.3 Å². The molecule has 1 amide bonds. The molecule has 0 fully saturated rings. The van der Waals surface area contributed by atoms with Gasteiger partial charge in [0.1, 0.15) is 6.54 Å². The van der Waals surface area contributed by atoms with Crippen molar-refractivity contribution in [2.45, 2.75) is 13.0 Å². The number of carboxylic acids is 1. The van der Waals surface area contributed by atoms with Crippen LogP contribution < -0.4 is 0 Å². The van der Waals surface area contributed by atoms with Gasteiger partial charge >= 0.3 is 5.97 Å². The monoisotopic (exact) mass is 380 g/mol. The molecule has 0 aliphatic rings. The molecular weight excluding hydrogens is 356 g/mol. The second-order valence-corrected chi connectivity index (χ2v) is 6.60. The van der Waals surface area contributed by atoms with Crippen molar-refractivity contribution in [1.82, 2.24) is 9.47 Å². The number of hydrogen-bond donors (Lipinski definition) is 1. The molecule has 28 heavy (non-hydrogen) atoms. The van der Waals surface area contributed by atoms with E-state index < -0.39 is 5.97 Å². The number of methoxy groups -OCH3 is 1. The minimum Gasteiger partial charge on any atom is -0.480 e.